The molecule has 2 aromatic rings. The third-order valence-electron chi connectivity index (χ3n) is 3.84. The van der Waals surface area contributed by atoms with Gasteiger partial charge in [0.15, 0.2) is 5.75 Å². The van der Waals surface area contributed by atoms with Gasteiger partial charge < -0.3 is 19.5 Å². The van der Waals surface area contributed by atoms with Crippen LogP contribution in [0.15, 0.2) is 24.7 Å². The van der Waals surface area contributed by atoms with E-state index in [2.05, 4.69) is 5.32 Å². The average Bonchev–Trinajstić information content (AvgIpc) is 3.12. The first kappa shape index (κ1) is 19.3. The van der Waals surface area contributed by atoms with Crippen molar-refractivity contribution in [2.24, 2.45) is 0 Å². The van der Waals surface area contributed by atoms with Crippen LogP contribution in [0.4, 0.5) is 5.69 Å². The molecule has 9 nitrogen and oxygen atoms in total. The highest BCUT2D eigenvalue weighted by atomic mass is 35.5. The number of hydrogen-bond acceptors (Lipinski definition) is 6. The SMILES string of the molecule is COc1c[n+](O)c(C(=O)Nc2c(Cl)c[n+](O)cc2Cl)cc1OC1CCOC1. The van der Waals surface area contributed by atoms with Crippen LogP contribution in [0, 0.1) is 0 Å². The van der Waals surface area contributed by atoms with E-state index < -0.39 is 5.91 Å². The number of hydrogen-bond donors (Lipinski definition) is 3. The van der Waals surface area contributed by atoms with Crippen molar-refractivity contribution >= 4 is 34.8 Å². The van der Waals surface area contributed by atoms with Crippen LogP contribution in [-0.2, 0) is 4.74 Å². The zero-order chi connectivity index (χ0) is 19.6. The fourth-order valence-corrected chi connectivity index (χ4v) is 3.06. The van der Waals surface area contributed by atoms with Gasteiger partial charge in [0.05, 0.1) is 32.1 Å². The van der Waals surface area contributed by atoms with Crippen molar-refractivity contribution in [1.29, 1.82) is 0 Å². The molecule has 1 unspecified atom stereocenters. The normalized spacial score (nSPS) is 16.2. The smallest absolute Gasteiger partial charge is 0.325 e. The van der Waals surface area contributed by atoms with Gasteiger partial charge in [0.25, 0.3) is 6.20 Å². The predicted molar refractivity (Wildman–Crippen MR) is 92.0 cm³/mol. The van der Waals surface area contributed by atoms with E-state index >= 15 is 0 Å². The van der Waals surface area contributed by atoms with Crippen LogP contribution in [0.25, 0.3) is 0 Å². The monoisotopic (exact) mass is 417 g/mol. The van der Waals surface area contributed by atoms with Crippen molar-refractivity contribution in [2.75, 3.05) is 25.6 Å². The topological polar surface area (TPSA) is 105 Å². The minimum atomic E-state index is -0.702. The predicted octanol–water partition coefficient (Wildman–Crippen LogP) is 1.47. The summed E-state index contributed by atoms with van der Waals surface area (Å²) in [6.45, 7) is 1.01. The molecule has 0 radical (unpaired) electrons. The Bertz CT molecular complexity index is 850. The summed E-state index contributed by atoms with van der Waals surface area (Å²) in [7, 11) is 1.42. The molecular weight excluding hydrogens is 401 g/mol. The Balaban J connectivity index is 1.89. The van der Waals surface area contributed by atoms with Gasteiger partial charge in [-0.1, -0.05) is 23.2 Å². The number of carbonyl (C=O) groups excluding carboxylic acids is 1. The molecule has 1 atom stereocenters. The van der Waals surface area contributed by atoms with Crippen LogP contribution < -0.4 is 24.3 Å². The summed E-state index contributed by atoms with van der Waals surface area (Å²) in [5.41, 5.74) is -0.0614. The molecule has 3 rings (SSSR count). The first-order chi connectivity index (χ1) is 12.9. The molecule has 1 aliphatic rings. The molecule has 0 aliphatic carbocycles. The molecule has 1 fully saturated rings. The fourth-order valence-electron chi connectivity index (χ4n) is 2.52. The molecule has 3 heterocycles. The average molecular weight is 418 g/mol. The molecule has 2 aromatic heterocycles. The molecule has 11 heteroatoms. The third-order valence-corrected chi connectivity index (χ3v) is 4.41. The van der Waals surface area contributed by atoms with Crippen LogP contribution >= 0.6 is 23.2 Å². The van der Waals surface area contributed by atoms with Gasteiger partial charge in [-0.25, -0.2) is 0 Å². The lowest BCUT2D eigenvalue weighted by Crippen LogP contribution is -2.40. The van der Waals surface area contributed by atoms with Crippen molar-refractivity contribution in [2.45, 2.75) is 12.5 Å². The summed E-state index contributed by atoms with van der Waals surface area (Å²) in [5.74, 6) is -0.174. The molecule has 0 saturated carbocycles. The quantitative estimate of drug-likeness (QED) is 0.502. The molecule has 0 spiro atoms. The van der Waals surface area contributed by atoms with Gasteiger partial charge >= 0.3 is 11.6 Å². The lowest BCUT2D eigenvalue weighted by molar-refractivity contribution is -0.905. The van der Waals surface area contributed by atoms with E-state index in [-0.39, 0.29) is 39.0 Å². The molecule has 1 aliphatic heterocycles. The number of aromatic nitrogens is 2. The summed E-state index contributed by atoms with van der Waals surface area (Å²) >= 11 is 12.0. The van der Waals surface area contributed by atoms with Gasteiger partial charge in [0.1, 0.15) is 16.1 Å². The maximum Gasteiger partial charge on any atom is 0.325 e. The van der Waals surface area contributed by atoms with Crippen LogP contribution in [-0.4, -0.2) is 42.7 Å². The second kappa shape index (κ2) is 8.03. The number of methoxy groups -OCH3 is 1. The molecule has 144 valence electrons. The third kappa shape index (κ3) is 4.26. The van der Waals surface area contributed by atoms with Crippen LogP contribution in [0.3, 0.4) is 0 Å². The lowest BCUT2D eigenvalue weighted by Gasteiger charge is -2.14. The number of carbonyl (C=O) groups is 1. The van der Waals surface area contributed by atoms with Gasteiger partial charge in [0, 0.05) is 15.9 Å². The van der Waals surface area contributed by atoms with E-state index in [9.17, 15) is 15.2 Å². The molecule has 27 heavy (non-hydrogen) atoms. The highest BCUT2D eigenvalue weighted by Crippen LogP contribution is 2.30. The van der Waals surface area contributed by atoms with Gasteiger partial charge in [-0.3, -0.25) is 15.2 Å². The van der Waals surface area contributed by atoms with Crippen molar-refractivity contribution in [1.82, 2.24) is 0 Å². The summed E-state index contributed by atoms with van der Waals surface area (Å²) in [5, 5.41) is 22.0. The van der Waals surface area contributed by atoms with Crippen molar-refractivity contribution in [3.05, 3.63) is 40.4 Å². The highest BCUT2D eigenvalue weighted by Gasteiger charge is 2.29. The van der Waals surface area contributed by atoms with E-state index in [1.165, 1.54) is 19.4 Å². The Labute approximate surface area is 164 Å². The lowest BCUT2D eigenvalue weighted by atomic mass is 10.2. The van der Waals surface area contributed by atoms with Crippen LogP contribution in [0.2, 0.25) is 10.0 Å². The molecule has 1 amide bonds. The maximum atomic E-state index is 12.6. The number of amides is 1. The van der Waals surface area contributed by atoms with E-state index in [1.54, 1.807) is 0 Å². The molecule has 0 bridgehead atoms. The van der Waals surface area contributed by atoms with E-state index in [1.807, 2.05) is 0 Å². The standard InChI is InChI=1S/C16H16Cl2N3O6/c1-25-14-7-21(24)12(4-13(14)27-9-2-3-26-8-9)16(22)19-15-10(17)5-20(23)6-11(15)18/h4-7,9,23H,2-3,8H2,1H3,(H,22,24)/q+1/p+1. The van der Waals surface area contributed by atoms with Crippen molar-refractivity contribution in [3.8, 4) is 11.5 Å². The van der Waals surface area contributed by atoms with Crippen LogP contribution in [0.1, 0.15) is 16.9 Å². The Morgan fingerprint density at radius 3 is 2.56 bits per heavy atom. The summed E-state index contributed by atoms with van der Waals surface area (Å²) < 4.78 is 17.5. The molecular formula is C16H17Cl2N3O6+2. The van der Waals surface area contributed by atoms with Crippen molar-refractivity contribution in [3.63, 3.8) is 0 Å². The minimum Gasteiger partial charge on any atom is -0.488 e. The summed E-state index contributed by atoms with van der Waals surface area (Å²) in [6.07, 6.45) is 4.03. The fraction of sp³-hybridized carbons (Fsp3) is 0.312. The van der Waals surface area contributed by atoms with E-state index in [0.717, 1.165) is 12.4 Å². The number of nitrogens with zero attached hydrogens (tertiary/aromatic N) is 2. The molecule has 3 N–H and O–H groups in total. The number of ether oxygens (including phenoxy) is 3. The van der Waals surface area contributed by atoms with Crippen molar-refractivity contribution < 1.29 is 38.9 Å². The highest BCUT2D eigenvalue weighted by molar-refractivity contribution is 6.39. The molecule has 0 aromatic carbocycles. The number of halogens is 2. The number of rotatable bonds is 5. The number of pyridine rings is 2. The second-order valence-electron chi connectivity index (χ2n) is 5.70. The van der Waals surface area contributed by atoms with Gasteiger partial charge in [0.2, 0.25) is 18.1 Å². The Morgan fingerprint density at radius 1 is 1.26 bits per heavy atom. The summed E-state index contributed by atoms with van der Waals surface area (Å²) in [6, 6.07) is 1.34. The summed E-state index contributed by atoms with van der Waals surface area (Å²) in [4.78, 5) is 12.6. The van der Waals surface area contributed by atoms with Gasteiger partial charge in [-0.05, 0) is 0 Å². The van der Waals surface area contributed by atoms with E-state index in [4.69, 9.17) is 37.4 Å². The van der Waals surface area contributed by atoms with Crippen LogP contribution in [0.5, 0.6) is 11.5 Å². The number of anilines is 1. The van der Waals surface area contributed by atoms with E-state index in [0.29, 0.717) is 29.1 Å². The van der Waals surface area contributed by atoms with Gasteiger partial charge in [-0.2, -0.15) is 0 Å². The second-order valence-corrected chi connectivity index (χ2v) is 6.52. The maximum absolute atomic E-state index is 12.6. The Kier molecular flexibility index (Phi) is 5.73. The zero-order valence-electron chi connectivity index (χ0n) is 14.2. The first-order valence-electron chi connectivity index (χ1n) is 7.87. The zero-order valence-corrected chi connectivity index (χ0v) is 15.7. The largest absolute Gasteiger partial charge is 0.488 e. The minimum absolute atomic E-state index is 0.0101. The first-order valence-corrected chi connectivity index (χ1v) is 8.63. The Morgan fingerprint density at radius 2 is 1.96 bits per heavy atom. The van der Waals surface area contributed by atoms with Gasteiger partial charge in [-0.15, -0.1) is 0 Å². The Hall–Kier alpha value is -2.49. The molecule has 1 saturated heterocycles. The number of nitrogens with one attached hydrogen (secondary N) is 1.